The van der Waals surface area contributed by atoms with E-state index in [1.54, 1.807) is 24.9 Å². The highest BCUT2D eigenvalue weighted by atomic mass is 16.6. The number of pyridine rings is 1. The zero-order valence-electron chi connectivity index (χ0n) is 9.53. The number of nitrogens with zero attached hydrogens (tertiary/aromatic N) is 3. The van der Waals surface area contributed by atoms with Gasteiger partial charge < -0.3 is 20.1 Å². The molecule has 0 fully saturated rings. The van der Waals surface area contributed by atoms with Gasteiger partial charge in [-0.3, -0.25) is 4.79 Å². The number of nitro groups is 1. The summed E-state index contributed by atoms with van der Waals surface area (Å²) in [7, 11) is 1.71. The number of aromatic nitrogens is 1. The Balaban J connectivity index is 2.73. The second-order valence-electron chi connectivity index (χ2n) is 3.75. The first-order valence-electron chi connectivity index (χ1n) is 4.96. The minimum absolute atomic E-state index is 0.228. The van der Waals surface area contributed by atoms with Gasteiger partial charge in [-0.15, -0.1) is 0 Å². The fraction of sp³-hybridized carbons (Fsp3) is 0.400. The van der Waals surface area contributed by atoms with E-state index in [-0.39, 0.29) is 5.82 Å². The van der Waals surface area contributed by atoms with E-state index in [4.69, 9.17) is 5.11 Å². The number of rotatable bonds is 5. The van der Waals surface area contributed by atoms with Gasteiger partial charge in [0.25, 0.3) is 0 Å². The molecular weight excluding hydrogens is 226 g/mol. The van der Waals surface area contributed by atoms with E-state index in [1.807, 2.05) is 0 Å². The summed E-state index contributed by atoms with van der Waals surface area (Å²) in [5.41, 5.74) is 0.642. The maximum Gasteiger partial charge on any atom is 0.363 e. The molecule has 0 amide bonds. The largest absolute Gasteiger partial charge is 0.481 e. The number of carbonyl (C=O) groups is 1. The summed E-state index contributed by atoms with van der Waals surface area (Å²) in [6, 6.07) is 2.83. The molecule has 7 heteroatoms. The molecule has 0 spiro atoms. The van der Waals surface area contributed by atoms with Crippen molar-refractivity contribution >= 4 is 17.5 Å². The Morgan fingerprint density at radius 1 is 1.65 bits per heavy atom. The van der Waals surface area contributed by atoms with Crippen LogP contribution in [0.15, 0.2) is 18.3 Å². The van der Waals surface area contributed by atoms with E-state index in [9.17, 15) is 14.9 Å². The molecule has 1 unspecified atom stereocenters. The van der Waals surface area contributed by atoms with Crippen molar-refractivity contribution in [3.8, 4) is 0 Å². The van der Waals surface area contributed by atoms with E-state index in [0.29, 0.717) is 12.2 Å². The highest BCUT2D eigenvalue weighted by Crippen LogP contribution is 2.16. The first-order chi connectivity index (χ1) is 7.91. The van der Waals surface area contributed by atoms with Crippen molar-refractivity contribution in [3.63, 3.8) is 0 Å². The molecule has 1 aromatic rings. The van der Waals surface area contributed by atoms with Gasteiger partial charge in [-0.25, -0.2) is 0 Å². The smallest absolute Gasteiger partial charge is 0.363 e. The third-order valence-electron chi connectivity index (χ3n) is 2.33. The molecule has 0 saturated heterocycles. The summed E-state index contributed by atoms with van der Waals surface area (Å²) in [4.78, 5) is 25.9. The van der Waals surface area contributed by atoms with Crippen LogP contribution >= 0.6 is 0 Å². The number of hydrogen-bond donors (Lipinski definition) is 1. The lowest BCUT2D eigenvalue weighted by molar-refractivity contribution is -0.389. The summed E-state index contributed by atoms with van der Waals surface area (Å²) >= 11 is 0. The third kappa shape index (κ3) is 3.40. The number of hydrogen-bond acceptors (Lipinski definition) is 5. The summed E-state index contributed by atoms with van der Waals surface area (Å²) in [6.07, 6.45) is 1.35. The molecule has 1 heterocycles. The van der Waals surface area contributed by atoms with E-state index in [1.165, 1.54) is 12.3 Å². The van der Waals surface area contributed by atoms with Crippen molar-refractivity contribution in [2.75, 3.05) is 18.5 Å². The van der Waals surface area contributed by atoms with Crippen molar-refractivity contribution in [2.24, 2.45) is 5.92 Å². The molecule has 1 aromatic heterocycles. The summed E-state index contributed by atoms with van der Waals surface area (Å²) in [5.74, 6) is -1.63. The summed E-state index contributed by atoms with van der Waals surface area (Å²) in [6.45, 7) is 1.91. The minimum atomic E-state index is -0.883. The van der Waals surface area contributed by atoms with Crippen LogP contribution in [0, 0.1) is 16.0 Å². The van der Waals surface area contributed by atoms with Gasteiger partial charge in [0.05, 0.1) is 11.6 Å². The zero-order valence-corrected chi connectivity index (χ0v) is 9.53. The predicted molar refractivity (Wildman–Crippen MR) is 61.0 cm³/mol. The summed E-state index contributed by atoms with van der Waals surface area (Å²) in [5, 5.41) is 19.2. The van der Waals surface area contributed by atoms with Crippen LogP contribution in [0.5, 0.6) is 0 Å². The zero-order chi connectivity index (χ0) is 13.0. The van der Waals surface area contributed by atoms with Crippen LogP contribution in [0.4, 0.5) is 11.5 Å². The maximum absolute atomic E-state index is 10.7. The SMILES string of the molecule is CC(CN(C)c1ccc([N+](=O)[O-])nc1)C(=O)O. The van der Waals surface area contributed by atoms with Crippen molar-refractivity contribution < 1.29 is 14.8 Å². The van der Waals surface area contributed by atoms with Gasteiger partial charge in [-0.1, -0.05) is 6.92 Å². The van der Waals surface area contributed by atoms with Crippen LogP contribution in [0.3, 0.4) is 0 Å². The van der Waals surface area contributed by atoms with Crippen molar-refractivity contribution in [3.05, 3.63) is 28.4 Å². The Morgan fingerprint density at radius 2 is 2.29 bits per heavy atom. The summed E-state index contributed by atoms with van der Waals surface area (Å²) < 4.78 is 0. The number of carboxylic acid groups (broad SMARTS) is 1. The monoisotopic (exact) mass is 239 g/mol. The third-order valence-corrected chi connectivity index (χ3v) is 2.33. The second-order valence-corrected chi connectivity index (χ2v) is 3.75. The molecule has 0 aliphatic rings. The highest BCUT2D eigenvalue weighted by Gasteiger charge is 2.15. The number of anilines is 1. The normalized spacial score (nSPS) is 11.9. The van der Waals surface area contributed by atoms with E-state index >= 15 is 0 Å². The van der Waals surface area contributed by atoms with Crippen LogP contribution in [0.25, 0.3) is 0 Å². The van der Waals surface area contributed by atoms with E-state index in [0.717, 1.165) is 0 Å². The first kappa shape index (κ1) is 12.9. The number of carboxylic acids is 1. The van der Waals surface area contributed by atoms with Crippen LogP contribution in [0.1, 0.15) is 6.92 Å². The first-order valence-corrected chi connectivity index (χ1v) is 4.96. The molecule has 1 N–H and O–H groups in total. The van der Waals surface area contributed by atoms with E-state index < -0.39 is 16.8 Å². The van der Waals surface area contributed by atoms with Crippen molar-refractivity contribution in [2.45, 2.75) is 6.92 Å². The van der Waals surface area contributed by atoms with Crippen molar-refractivity contribution in [1.29, 1.82) is 0 Å². The quantitative estimate of drug-likeness (QED) is 0.611. The standard InChI is InChI=1S/C10H13N3O4/c1-7(10(14)15)6-12(2)8-3-4-9(11-5-8)13(16)17/h3-5,7H,6H2,1-2H3,(H,14,15). The molecule has 1 rings (SSSR count). The molecular formula is C10H13N3O4. The Bertz CT molecular complexity index is 418. The lowest BCUT2D eigenvalue weighted by atomic mass is 10.1. The van der Waals surface area contributed by atoms with Crippen LogP contribution < -0.4 is 4.90 Å². The van der Waals surface area contributed by atoms with Crippen LogP contribution in [-0.2, 0) is 4.79 Å². The maximum atomic E-state index is 10.7. The van der Waals surface area contributed by atoms with Gasteiger partial charge in [0.2, 0.25) is 0 Å². The molecule has 0 bridgehead atoms. The topological polar surface area (TPSA) is 96.6 Å². The van der Waals surface area contributed by atoms with Gasteiger partial charge in [-0.2, -0.15) is 0 Å². The van der Waals surface area contributed by atoms with E-state index in [2.05, 4.69) is 4.98 Å². The molecule has 0 aliphatic heterocycles. The second kappa shape index (κ2) is 5.24. The highest BCUT2D eigenvalue weighted by molar-refractivity contribution is 5.70. The molecule has 0 aliphatic carbocycles. The average Bonchev–Trinajstić information content (AvgIpc) is 2.28. The molecule has 7 nitrogen and oxygen atoms in total. The molecule has 92 valence electrons. The molecule has 0 saturated carbocycles. The van der Waals surface area contributed by atoms with Gasteiger partial charge in [0.15, 0.2) is 6.20 Å². The van der Waals surface area contributed by atoms with Crippen LogP contribution in [-0.4, -0.2) is 34.6 Å². The van der Waals surface area contributed by atoms with Gasteiger partial charge >= 0.3 is 11.8 Å². The van der Waals surface area contributed by atoms with Crippen LogP contribution in [0.2, 0.25) is 0 Å². The average molecular weight is 239 g/mol. The Labute approximate surface area is 97.8 Å². The van der Waals surface area contributed by atoms with Gasteiger partial charge in [-0.05, 0) is 16.0 Å². The minimum Gasteiger partial charge on any atom is -0.481 e. The Kier molecular flexibility index (Phi) is 3.97. The predicted octanol–water partition coefficient (Wildman–Crippen LogP) is 1.15. The fourth-order valence-corrected chi connectivity index (χ4v) is 1.31. The van der Waals surface area contributed by atoms with Gasteiger partial charge in [0, 0.05) is 19.7 Å². The molecule has 1 atom stereocenters. The Hall–Kier alpha value is -2.18. The molecule has 0 aromatic carbocycles. The van der Waals surface area contributed by atoms with Crippen molar-refractivity contribution in [1.82, 2.24) is 4.98 Å². The molecule has 17 heavy (non-hydrogen) atoms. The lowest BCUT2D eigenvalue weighted by Gasteiger charge is -2.19. The Morgan fingerprint density at radius 3 is 2.71 bits per heavy atom. The molecule has 0 radical (unpaired) electrons. The lowest BCUT2D eigenvalue weighted by Crippen LogP contribution is -2.28. The fourth-order valence-electron chi connectivity index (χ4n) is 1.31. The van der Waals surface area contributed by atoms with Gasteiger partial charge in [0.1, 0.15) is 0 Å². The number of aliphatic carboxylic acids is 1.